The third-order valence-electron chi connectivity index (χ3n) is 4.87. The SMILES string of the molecule is COC(=O)CCN(C(=O)/C=C/c1ccc(Cl)cc1)C1CCCCCCC1. The topological polar surface area (TPSA) is 46.6 Å². The molecule has 0 unspecified atom stereocenters. The van der Waals surface area contributed by atoms with Crippen LogP contribution in [0.4, 0.5) is 0 Å². The predicted molar refractivity (Wildman–Crippen MR) is 105 cm³/mol. The predicted octanol–water partition coefficient (Wildman–Crippen LogP) is 4.86. The molecular formula is C21H28ClNO3. The fourth-order valence-corrected chi connectivity index (χ4v) is 3.50. The number of rotatable bonds is 6. The van der Waals surface area contributed by atoms with Gasteiger partial charge in [-0.2, -0.15) is 0 Å². The normalized spacial score (nSPS) is 16.1. The van der Waals surface area contributed by atoms with Crippen molar-refractivity contribution in [2.24, 2.45) is 0 Å². The summed E-state index contributed by atoms with van der Waals surface area (Å²) in [6, 6.07) is 7.55. The van der Waals surface area contributed by atoms with E-state index >= 15 is 0 Å². The Bertz CT molecular complexity index is 604. The Balaban J connectivity index is 2.07. The van der Waals surface area contributed by atoms with Crippen molar-refractivity contribution >= 4 is 29.6 Å². The van der Waals surface area contributed by atoms with Gasteiger partial charge in [0.05, 0.1) is 13.5 Å². The number of hydrogen-bond acceptors (Lipinski definition) is 3. The van der Waals surface area contributed by atoms with Gasteiger partial charge in [-0.05, 0) is 36.6 Å². The second kappa shape index (κ2) is 11.0. The average Bonchev–Trinajstić information content (AvgIpc) is 2.62. The van der Waals surface area contributed by atoms with Crippen LogP contribution in [0.2, 0.25) is 5.02 Å². The second-order valence-electron chi connectivity index (χ2n) is 6.74. The zero-order valence-electron chi connectivity index (χ0n) is 15.5. The summed E-state index contributed by atoms with van der Waals surface area (Å²) in [5, 5.41) is 0.669. The molecule has 4 nitrogen and oxygen atoms in total. The molecule has 0 N–H and O–H groups in total. The van der Waals surface area contributed by atoms with Gasteiger partial charge in [0.25, 0.3) is 0 Å². The molecule has 1 aromatic rings. The van der Waals surface area contributed by atoms with Crippen molar-refractivity contribution in [3.8, 4) is 0 Å². The Hall–Kier alpha value is -1.81. The standard InChI is InChI=1S/C21H28ClNO3/c1-26-21(25)15-16-23(19-7-5-3-2-4-6-8-19)20(24)14-11-17-9-12-18(22)13-10-17/h9-14,19H,2-8,15-16H2,1H3/b14-11+. The minimum Gasteiger partial charge on any atom is -0.469 e. The highest BCUT2D eigenvalue weighted by Crippen LogP contribution is 2.22. The second-order valence-corrected chi connectivity index (χ2v) is 7.18. The van der Waals surface area contributed by atoms with Gasteiger partial charge in [-0.3, -0.25) is 9.59 Å². The molecule has 142 valence electrons. The Morgan fingerprint density at radius 2 is 1.73 bits per heavy atom. The van der Waals surface area contributed by atoms with Crippen LogP contribution in [-0.4, -0.2) is 36.5 Å². The third kappa shape index (κ3) is 6.83. The first-order valence-electron chi connectivity index (χ1n) is 9.41. The molecule has 0 aromatic heterocycles. The Labute approximate surface area is 161 Å². The maximum absolute atomic E-state index is 12.8. The number of nitrogens with zero attached hydrogens (tertiary/aromatic N) is 1. The fraction of sp³-hybridized carbons (Fsp3) is 0.524. The summed E-state index contributed by atoms with van der Waals surface area (Å²) in [6.07, 6.45) is 11.6. The Kier molecular flexibility index (Phi) is 8.69. The summed E-state index contributed by atoms with van der Waals surface area (Å²) in [5.41, 5.74) is 0.924. The average molecular weight is 378 g/mol. The monoisotopic (exact) mass is 377 g/mol. The first kappa shape index (κ1) is 20.5. The van der Waals surface area contributed by atoms with E-state index in [-0.39, 0.29) is 24.3 Å². The van der Waals surface area contributed by atoms with Crippen LogP contribution < -0.4 is 0 Å². The van der Waals surface area contributed by atoms with E-state index in [1.54, 1.807) is 24.3 Å². The summed E-state index contributed by atoms with van der Waals surface area (Å²) in [7, 11) is 1.38. The summed E-state index contributed by atoms with van der Waals surface area (Å²) in [6.45, 7) is 0.404. The van der Waals surface area contributed by atoms with E-state index in [0.717, 1.165) is 31.2 Å². The molecule has 0 spiro atoms. The lowest BCUT2D eigenvalue weighted by Crippen LogP contribution is -2.41. The van der Waals surface area contributed by atoms with Crippen LogP contribution in [-0.2, 0) is 14.3 Å². The van der Waals surface area contributed by atoms with Crippen molar-refractivity contribution < 1.29 is 14.3 Å². The van der Waals surface area contributed by atoms with E-state index in [1.165, 1.54) is 26.4 Å². The number of amides is 1. The van der Waals surface area contributed by atoms with E-state index < -0.39 is 0 Å². The number of benzene rings is 1. The van der Waals surface area contributed by atoms with Gasteiger partial charge in [-0.25, -0.2) is 0 Å². The number of halogens is 1. The minimum absolute atomic E-state index is 0.0468. The molecule has 0 radical (unpaired) electrons. The van der Waals surface area contributed by atoms with Crippen LogP contribution in [0.1, 0.15) is 56.9 Å². The van der Waals surface area contributed by atoms with Crippen molar-refractivity contribution in [2.75, 3.05) is 13.7 Å². The smallest absolute Gasteiger partial charge is 0.307 e. The summed E-state index contributed by atoms with van der Waals surface area (Å²) >= 11 is 5.90. The number of carbonyl (C=O) groups excluding carboxylic acids is 2. The van der Waals surface area contributed by atoms with Gasteiger partial charge in [-0.1, -0.05) is 55.8 Å². The Morgan fingerprint density at radius 3 is 2.35 bits per heavy atom. The highest BCUT2D eigenvalue weighted by molar-refractivity contribution is 6.30. The first-order chi connectivity index (χ1) is 12.6. The van der Waals surface area contributed by atoms with Crippen LogP contribution in [0.5, 0.6) is 0 Å². The molecule has 0 bridgehead atoms. The Morgan fingerprint density at radius 1 is 1.12 bits per heavy atom. The maximum atomic E-state index is 12.8. The van der Waals surface area contributed by atoms with Crippen molar-refractivity contribution in [2.45, 2.75) is 57.4 Å². The molecule has 1 aliphatic carbocycles. The zero-order valence-corrected chi connectivity index (χ0v) is 16.2. The quantitative estimate of drug-likeness (QED) is 0.525. The third-order valence-corrected chi connectivity index (χ3v) is 5.12. The molecule has 1 saturated carbocycles. The molecule has 0 atom stereocenters. The molecular weight excluding hydrogens is 350 g/mol. The van der Waals surface area contributed by atoms with Gasteiger partial charge >= 0.3 is 5.97 Å². The number of esters is 1. The van der Waals surface area contributed by atoms with Crippen LogP contribution in [0.15, 0.2) is 30.3 Å². The number of hydrogen-bond donors (Lipinski definition) is 0. The fourth-order valence-electron chi connectivity index (χ4n) is 3.37. The first-order valence-corrected chi connectivity index (χ1v) is 9.79. The van der Waals surface area contributed by atoms with Gasteiger partial charge in [0.2, 0.25) is 5.91 Å². The summed E-state index contributed by atoms with van der Waals surface area (Å²) in [5.74, 6) is -0.329. The van der Waals surface area contributed by atoms with E-state index in [9.17, 15) is 9.59 Å². The summed E-state index contributed by atoms with van der Waals surface area (Å²) in [4.78, 5) is 26.3. The van der Waals surface area contributed by atoms with Gasteiger partial charge < -0.3 is 9.64 Å². The van der Waals surface area contributed by atoms with Crippen LogP contribution in [0, 0.1) is 0 Å². The van der Waals surface area contributed by atoms with Crippen LogP contribution in [0.25, 0.3) is 6.08 Å². The molecule has 1 amide bonds. The molecule has 0 aliphatic heterocycles. The lowest BCUT2D eigenvalue weighted by atomic mass is 9.95. The molecule has 1 aromatic carbocycles. The van der Waals surface area contributed by atoms with Crippen LogP contribution in [0.3, 0.4) is 0 Å². The highest BCUT2D eigenvalue weighted by atomic mass is 35.5. The van der Waals surface area contributed by atoms with E-state index in [2.05, 4.69) is 0 Å². The van der Waals surface area contributed by atoms with Gasteiger partial charge in [0.15, 0.2) is 0 Å². The van der Waals surface area contributed by atoms with E-state index in [1.807, 2.05) is 17.0 Å². The van der Waals surface area contributed by atoms with Crippen LogP contribution >= 0.6 is 11.6 Å². The summed E-state index contributed by atoms with van der Waals surface area (Å²) < 4.78 is 4.75. The highest BCUT2D eigenvalue weighted by Gasteiger charge is 2.23. The maximum Gasteiger partial charge on any atom is 0.307 e. The van der Waals surface area contributed by atoms with E-state index in [0.29, 0.717) is 11.6 Å². The van der Waals surface area contributed by atoms with Gasteiger partial charge in [0.1, 0.15) is 0 Å². The minimum atomic E-state index is -0.282. The van der Waals surface area contributed by atoms with Gasteiger partial charge in [0, 0.05) is 23.7 Å². The molecule has 1 fully saturated rings. The molecule has 5 heteroatoms. The van der Waals surface area contributed by atoms with Crippen molar-refractivity contribution in [1.29, 1.82) is 0 Å². The number of ether oxygens (including phenoxy) is 1. The number of methoxy groups -OCH3 is 1. The lowest BCUT2D eigenvalue weighted by Gasteiger charge is -2.32. The largest absolute Gasteiger partial charge is 0.469 e. The molecule has 2 rings (SSSR count). The molecule has 0 saturated heterocycles. The van der Waals surface area contributed by atoms with Gasteiger partial charge in [-0.15, -0.1) is 0 Å². The number of carbonyl (C=O) groups is 2. The molecule has 26 heavy (non-hydrogen) atoms. The van der Waals surface area contributed by atoms with E-state index in [4.69, 9.17) is 16.3 Å². The van der Waals surface area contributed by atoms with Crippen molar-refractivity contribution in [3.63, 3.8) is 0 Å². The lowest BCUT2D eigenvalue weighted by molar-refractivity contribution is -0.141. The zero-order chi connectivity index (χ0) is 18.8. The van der Waals surface area contributed by atoms with Crippen molar-refractivity contribution in [3.05, 3.63) is 40.9 Å². The van der Waals surface area contributed by atoms with Crippen molar-refractivity contribution in [1.82, 2.24) is 4.90 Å². The molecule has 1 aliphatic rings. The molecule has 0 heterocycles.